The van der Waals surface area contributed by atoms with E-state index in [9.17, 15) is 10.1 Å². The van der Waals surface area contributed by atoms with Crippen LogP contribution in [0.2, 0.25) is 0 Å². The minimum absolute atomic E-state index is 0.0392. The molecule has 9 heteroatoms. The van der Waals surface area contributed by atoms with E-state index in [-0.39, 0.29) is 11.4 Å². The van der Waals surface area contributed by atoms with Gasteiger partial charge in [-0.3, -0.25) is 10.1 Å². The maximum Gasteiger partial charge on any atom is 0.310 e. The number of thioether (sulfide) groups is 1. The van der Waals surface area contributed by atoms with Gasteiger partial charge in [0.05, 0.1) is 24.2 Å². The first-order valence-electron chi connectivity index (χ1n) is 8.71. The monoisotopic (exact) mass is 400 g/mol. The van der Waals surface area contributed by atoms with Gasteiger partial charge in [-0.05, 0) is 25.1 Å². The van der Waals surface area contributed by atoms with Gasteiger partial charge in [-0.15, -0.1) is 10.2 Å². The molecule has 0 atom stereocenters. The summed E-state index contributed by atoms with van der Waals surface area (Å²) in [5.41, 5.74) is 0.838. The highest BCUT2D eigenvalue weighted by Gasteiger charge is 2.17. The van der Waals surface area contributed by atoms with Gasteiger partial charge in [0.2, 0.25) is 0 Å². The van der Waals surface area contributed by atoms with Crippen molar-refractivity contribution in [2.24, 2.45) is 0 Å². The zero-order valence-electron chi connectivity index (χ0n) is 15.6. The average Bonchev–Trinajstić information content (AvgIpc) is 3.14. The van der Waals surface area contributed by atoms with Gasteiger partial charge in [0.1, 0.15) is 5.75 Å². The lowest BCUT2D eigenvalue weighted by Gasteiger charge is -2.10. The summed E-state index contributed by atoms with van der Waals surface area (Å²) in [5.74, 6) is 2.32. The second-order valence-corrected chi connectivity index (χ2v) is 6.73. The molecule has 0 aliphatic rings. The third-order valence-electron chi connectivity index (χ3n) is 4.01. The Morgan fingerprint density at radius 2 is 1.82 bits per heavy atom. The van der Waals surface area contributed by atoms with Gasteiger partial charge in [0.15, 0.2) is 16.7 Å². The van der Waals surface area contributed by atoms with Gasteiger partial charge >= 0.3 is 5.69 Å². The highest BCUT2D eigenvalue weighted by Crippen LogP contribution is 2.31. The first-order valence-corrected chi connectivity index (χ1v) is 9.69. The zero-order chi connectivity index (χ0) is 19.9. The summed E-state index contributed by atoms with van der Waals surface area (Å²) in [6, 6.07) is 14.0. The van der Waals surface area contributed by atoms with E-state index in [0.29, 0.717) is 18.9 Å². The first kappa shape index (κ1) is 19.7. The molecule has 0 aliphatic carbocycles. The van der Waals surface area contributed by atoms with E-state index in [2.05, 4.69) is 10.2 Å². The van der Waals surface area contributed by atoms with Crippen LogP contribution in [-0.4, -0.2) is 39.2 Å². The maximum atomic E-state index is 11.0. The predicted octanol–water partition coefficient (Wildman–Crippen LogP) is 4.05. The van der Waals surface area contributed by atoms with Crippen LogP contribution in [0.25, 0.3) is 11.4 Å². The van der Waals surface area contributed by atoms with Crippen LogP contribution in [-0.2, 0) is 6.54 Å². The van der Waals surface area contributed by atoms with E-state index in [1.54, 1.807) is 25.3 Å². The number of rotatable bonds is 9. The molecule has 0 unspecified atom stereocenters. The van der Waals surface area contributed by atoms with E-state index < -0.39 is 4.92 Å². The fourth-order valence-electron chi connectivity index (χ4n) is 2.72. The number of hydrogen-bond acceptors (Lipinski definition) is 7. The topological polar surface area (TPSA) is 92.3 Å². The second kappa shape index (κ2) is 9.23. The Bertz CT molecular complexity index is 961. The van der Waals surface area contributed by atoms with Crippen molar-refractivity contribution in [1.82, 2.24) is 14.8 Å². The molecule has 2 aromatic carbocycles. The Kier molecular flexibility index (Phi) is 6.49. The van der Waals surface area contributed by atoms with Crippen molar-refractivity contribution in [3.05, 3.63) is 58.6 Å². The van der Waals surface area contributed by atoms with Crippen LogP contribution in [0.3, 0.4) is 0 Å². The lowest BCUT2D eigenvalue weighted by atomic mass is 10.2. The average molecular weight is 400 g/mol. The number of methoxy groups -OCH3 is 1. The van der Waals surface area contributed by atoms with Crippen LogP contribution in [0.1, 0.15) is 6.92 Å². The summed E-state index contributed by atoms with van der Waals surface area (Å²) in [7, 11) is 1.63. The molecule has 1 heterocycles. The Balaban J connectivity index is 1.68. The number of nitro groups is 1. The Hall–Kier alpha value is -3.07. The van der Waals surface area contributed by atoms with E-state index in [1.807, 2.05) is 35.8 Å². The van der Waals surface area contributed by atoms with Crippen LogP contribution in [0.15, 0.2) is 53.7 Å². The number of aromatic nitrogens is 3. The van der Waals surface area contributed by atoms with Crippen LogP contribution in [0.5, 0.6) is 11.5 Å². The molecule has 0 radical (unpaired) electrons. The lowest BCUT2D eigenvalue weighted by Crippen LogP contribution is -2.05. The number of ether oxygens (including phenoxy) is 2. The first-order chi connectivity index (χ1) is 13.7. The highest BCUT2D eigenvalue weighted by molar-refractivity contribution is 7.99. The summed E-state index contributed by atoms with van der Waals surface area (Å²) in [5, 5.41) is 20.4. The molecular weight excluding hydrogens is 380 g/mol. The highest BCUT2D eigenvalue weighted by atomic mass is 32.2. The van der Waals surface area contributed by atoms with E-state index in [1.165, 1.54) is 17.8 Å². The molecule has 146 valence electrons. The number of para-hydroxylation sites is 3. The molecule has 0 N–H and O–H groups in total. The van der Waals surface area contributed by atoms with Crippen molar-refractivity contribution in [3.63, 3.8) is 0 Å². The molecule has 28 heavy (non-hydrogen) atoms. The summed E-state index contributed by atoms with van der Waals surface area (Å²) in [4.78, 5) is 10.6. The third-order valence-corrected chi connectivity index (χ3v) is 4.95. The fourth-order valence-corrected chi connectivity index (χ4v) is 3.54. The van der Waals surface area contributed by atoms with Gasteiger partial charge in [-0.25, -0.2) is 0 Å². The molecule has 1 aromatic heterocycles. The number of hydrogen-bond donors (Lipinski definition) is 0. The van der Waals surface area contributed by atoms with Crippen LogP contribution in [0, 0.1) is 10.1 Å². The minimum Gasteiger partial charge on any atom is -0.496 e. The molecule has 3 rings (SSSR count). The summed E-state index contributed by atoms with van der Waals surface area (Å²) in [6.45, 7) is 3.04. The van der Waals surface area contributed by atoms with E-state index in [4.69, 9.17) is 9.47 Å². The van der Waals surface area contributed by atoms with Gasteiger partial charge in [-0.1, -0.05) is 36.0 Å². The smallest absolute Gasteiger partial charge is 0.310 e. The Morgan fingerprint density at radius 1 is 1.11 bits per heavy atom. The third kappa shape index (κ3) is 4.25. The summed E-state index contributed by atoms with van der Waals surface area (Å²) >= 11 is 1.49. The number of nitrogens with zero attached hydrogens (tertiary/aromatic N) is 4. The SMILES string of the molecule is CCn1c(SCCOc2ccccc2[N+](=O)[O-])nnc1-c1ccccc1OC. The quantitative estimate of drug-likeness (QED) is 0.231. The van der Waals surface area contributed by atoms with Crippen molar-refractivity contribution >= 4 is 17.4 Å². The minimum atomic E-state index is -0.449. The molecule has 0 aliphatic heterocycles. The number of nitro benzene ring substituents is 1. The maximum absolute atomic E-state index is 11.0. The van der Waals surface area contributed by atoms with Gasteiger partial charge in [-0.2, -0.15) is 0 Å². The zero-order valence-corrected chi connectivity index (χ0v) is 16.4. The largest absolute Gasteiger partial charge is 0.496 e. The predicted molar refractivity (Wildman–Crippen MR) is 107 cm³/mol. The summed E-state index contributed by atoms with van der Waals surface area (Å²) < 4.78 is 13.0. The van der Waals surface area contributed by atoms with E-state index >= 15 is 0 Å². The normalized spacial score (nSPS) is 10.6. The van der Waals surface area contributed by atoms with Gasteiger partial charge in [0.25, 0.3) is 0 Å². The molecule has 0 saturated carbocycles. The molecule has 0 fully saturated rings. The van der Waals surface area contributed by atoms with Crippen molar-refractivity contribution in [2.75, 3.05) is 19.5 Å². The van der Waals surface area contributed by atoms with E-state index in [0.717, 1.165) is 22.3 Å². The molecule has 0 amide bonds. The Morgan fingerprint density at radius 3 is 2.54 bits per heavy atom. The lowest BCUT2D eigenvalue weighted by molar-refractivity contribution is -0.385. The number of benzene rings is 2. The standard InChI is InChI=1S/C19H20N4O4S/c1-3-22-18(14-8-4-6-10-16(14)26-2)20-21-19(22)28-13-12-27-17-11-7-5-9-15(17)23(24)25/h4-11H,3,12-13H2,1-2H3. The second-order valence-electron chi connectivity index (χ2n) is 5.67. The molecule has 0 spiro atoms. The van der Waals surface area contributed by atoms with Gasteiger partial charge < -0.3 is 14.0 Å². The summed E-state index contributed by atoms with van der Waals surface area (Å²) in [6.07, 6.45) is 0. The van der Waals surface area contributed by atoms with Crippen molar-refractivity contribution in [2.45, 2.75) is 18.6 Å². The fraction of sp³-hybridized carbons (Fsp3) is 0.263. The molecule has 3 aromatic rings. The van der Waals surface area contributed by atoms with Gasteiger partial charge in [0, 0.05) is 18.4 Å². The van der Waals surface area contributed by atoms with Crippen molar-refractivity contribution < 1.29 is 14.4 Å². The van der Waals surface area contributed by atoms with Crippen LogP contribution < -0.4 is 9.47 Å². The molecular formula is C19H20N4O4S. The molecule has 8 nitrogen and oxygen atoms in total. The van der Waals surface area contributed by atoms with Crippen molar-refractivity contribution in [1.29, 1.82) is 0 Å². The van der Waals surface area contributed by atoms with Crippen LogP contribution >= 0.6 is 11.8 Å². The Labute approximate surface area is 166 Å². The molecule has 0 bridgehead atoms. The van der Waals surface area contributed by atoms with Crippen LogP contribution in [0.4, 0.5) is 5.69 Å². The molecule has 0 saturated heterocycles. The van der Waals surface area contributed by atoms with Crippen molar-refractivity contribution in [3.8, 4) is 22.9 Å².